The zero-order chi connectivity index (χ0) is 16.0. The van der Waals surface area contributed by atoms with Crippen LogP contribution in [0.25, 0.3) is 0 Å². The fourth-order valence-electron chi connectivity index (χ4n) is 3.74. The first-order valence-corrected chi connectivity index (χ1v) is 8.05. The van der Waals surface area contributed by atoms with E-state index >= 15 is 0 Å². The van der Waals surface area contributed by atoms with Crippen LogP contribution in [0.3, 0.4) is 0 Å². The van der Waals surface area contributed by atoms with Gasteiger partial charge in [-0.05, 0) is 25.0 Å². The molecule has 3 amide bonds. The summed E-state index contributed by atoms with van der Waals surface area (Å²) in [5, 5.41) is 0. The van der Waals surface area contributed by atoms with Gasteiger partial charge in [0.05, 0.1) is 17.9 Å². The van der Waals surface area contributed by atoms with E-state index < -0.39 is 0 Å². The number of carbonyl (C=O) groups is 3. The van der Waals surface area contributed by atoms with Gasteiger partial charge in [0, 0.05) is 25.5 Å². The maximum absolute atomic E-state index is 12.5. The highest BCUT2D eigenvalue weighted by Crippen LogP contribution is 2.37. The number of fused-ring (bicyclic) bond motifs is 1. The van der Waals surface area contributed by atoms with E-state index in [2.05, 4.69) is 0 Å². The molecular weight excluding hydrogens is 294 g/mol. The molecule has 2 aliphatic heterocycles. The number of hydrogen-bond acceptors (Lipinski definition) is 3. The molecule has 2 unspecified atom stereocenters. The Morgan fingerprint density at radius 3 is 2.13 bits per heavy atom. The third-order valence-corrected chi connectivity index (χ3v) is 5.11. The lowest BCUT2D eigenvalue weighted by atomic mass is 9.85. The molecule has 6 nitrogen and oxygen atoms in total. The molecule has 2 saturated heterocycles. The van der Waals surface area contributed by atoms with Crippen LogP contribution in [0, 0.1) is 11.8 Å². The molecule has 0 spiro atoms. The molecule has 6 heteroatoms. The largest absolute Gasteiger partial charge is 0.345 e. The molecule has 1 aromatic heterocycles. The molecule has 0 radical (unpaired) electrons. The van der Waals surface area contributed by atoms with E-state index in [0.29, 0.717) is 32.5 Å². The van der Waals surface area contributed by atoms with Crippen LogP contribution in [-0.2, 0) is 20.9 Å². The molecule has 2 atom stereocenters. The van der Waals surface area contributed by atoms with Gasteiger partial charge in [-0.15, -0.1) is 0 Å². The van der Waals surface area contributed by atoms with E-state index in [1.807, 2.05) is 41.2 Å². The maximum Gasteiger partial charge on any atom is 0.242 e. The Kier molecular flexibility index (Phi) is 3.32. The van der Waals surface area contributed by atoms with Crippen LogP contribution in [0.15, 0.2) is 36.7 Å². The van der Waals surface area contributed by atoms with E-state index in [1.54, 1.807) is 4.90 Å². The number of nitrogens with zero attached hydrogens (tertiary/aromatic N) is 3. The number of rotatable bonds is 3. The molecule has 0 N–H and O–H groups in total. The third kappa shape index (κ3) is 2.29. The summed E-state index contributed by atoms with van der Waals surface area (Å²) >= 11 is 0. The van der Waals surface area contributed by atoms with Gasteiger partial charge in [-0.2, -0.15) is 0 Å². The SMILES string of the molecule is O=C(Cn1cccc1)N1CC(N2C(=O)C3CC=CCC3C2=O)C1. The molecule has 1 aromatic rings. The van der Waals surface area contributed by atoms with Gasteiger partial charge in [0.1, 0.15) is 6.54 Å². The molecule has 0 bridgehead atoms. The lowest BCUT2D eigenvalue weighted by molar-refractivity contribution is -0.153. The van der Waals surface area contributed by atoms with Crippen molar-refractivity contribution in [1.29, 1.82) is 0 Å². The Balaban J connectivity index is 1.37. The minimum Gasteiger partial charge on any atom is -0.345 e. The van der Waals surface area contributed by atoms with Crippen LogP contribution in [0.4, 0.5) is 0 Å². The zero-order valence-corrected chi connectivity index (χ0v) is 12.8. The Morgan fingerprint density at radius 2 is 1.57 bits per heavy atom. The highest BCUT2D eigenvalue weighted by Gasteiger charge is 2.52. The minimum atomic E-state index is -0.183. The fourth-order valence-corrected chi connectivity index (χ4v) is 3.74. The minimum absolute atomic E-state index is 0.0237. The van der Waals surface area contributed by atoms with Gasteiger partial charge < -0.3 is 9.47 Å². The predicted molar refractivity (Wildman–Crippen MR) is 82.0 cm³/mol. The van der Waals surface area contributed by atoms with Gasteiger partial charge in [-0.3, -0.25) is 19.3 Å². The zero-order valence-electron chi connectivity index (χ0n) is 12.8. The standard InChI is InChI=1S/C17H19N3O3/c21-15(11-18-7-3-4-8-18)19-9-12(10-19)20-16(22)13-5-1-2-6-14(13)17(20)23/h1-4,7-8,12-14H,5-6,9-11H2. The molecule has 1 aliphatic carbocycles. The average molecular weight is 313 g/mol. The van der Waals surface area contributed by atoms with E-state index in [1.165, 1.54) is 4.90 Å². The second-order valence-electron chi connectivity index (χ2n) is 6.51. The normalized spacial score (nSPS) is 27.3. The van der Waals surface area contributed by atoms with Crippen molar-refractivity contribution < 1.29 is 14.4 Å². The molecule has 0 saturated carbocycles. The first kappa shape index (κ1) is 14.2. The molecular formula is C17H19N3O3. The summed E-state index contributed by atoms with van der Waals surface area (Å²) in [6, 6.07) is 3.61. The first-order valence-electron chi connectivity index (χ1n) is 8.05. The number of amides is 3. The second kappa shape index (κ2) is 5.37. The summed E-state index contributed by atoms with van der Waals surface area (Å²) in [4.78, 5) is 40.3. The number of carbonyl (C=O) groups excluding carboxylic acids is 3. The summed E-state index contributed by atoms with van der Waals surface area (Å²) in [6.07, 6.45) is 9.00. The number of imide groups is 1. The quantitative estimate of drug-likeness (QED) is 0.608. The van der Waals surface area contributed by atoms with E-state index in [-0.39, 0.29) is 35.6 Å². The Labute approximate surface area is 134 Å². The van der Waals surface area contributed by atoms with Crippen molar-refractivity contribution >= 4 is 17.7 Å². The Morgan fingerprint density at radius 1 is 1.00 bits per heavy atom. The Hall–Kier alpha value is -2.37. The molecule has 3 heterocycles. The van der Waals surface area contributed by atoms with Crippen LogP contribution < -0.4 is 0 Å². The van der Waals surface area contributed by atoms with Crippen molar-refractivity contribution in [1.82, 2.24) is 14.4 Å². The Bertz CT molecular complexity index is 647. The van der Waals surface area contributed by atoms with Crippen molar-refractivity contribution in [2.45, 2.75) is 25.4 Å². The van der Waals surface area contributed by atoms with Gasteiger partial charge in [0.25, 0.3) is 0 Å². The lowest BCUT2D eigenvalue weighted by Crippen LogP contribution is -2.63. The fraction of sp³-hybridized carbons (Fsp3) is 0.471. The van der Waals surface area contributed by atoms with Crippen LogP contribution in [0.1, 0.15) is 12.8 Å². The van der Waals surface area contributed by atoms with Gasteiger partial charge in [-0.1, -0.05) is 12.2 Å². The van der Waals surface area contributed by atoms with Crippen molar-refractivity contribution in [2.75, 3.05) is 13.1 Å². The number of likely N-dealkylation sites (tertiary alicyclic amines) is 2. The number of allylic oxidation sites excluding steroid dienone is 2. The molecule has 120 valence electrons. The molecule has 0 aromatic carbocycles. The van der Waals surface area contributed by atoms with Crippen molar-refractivity contribution in [2.24, 2.45) is 11.8 Å². The third-order valence-electron chi connectivity index (χ3n) is 5.11. The van der Waals surface area contributed by atoms with Crippen molar-refractivity contribution in [3.63, 3.8) is 0 Å². The maximum atomic E-state index is 12.5. The molecule has 2 fully saturated rings. The topological polar surface area (TPSA) is 62.6 Å². The smallest absolute Gasteiger partial charge is 0.242 e. The summed E-state index contributed by atoms with van der Waals surface area (Å²) in [5.41, 5.74) is 0. The molecule has 23 heavy (non-hydrogen) atoms. The first-order chi connectivity index (χ1) is 11.1. The van der Waals surface area contributed by atoms with Gasteiger partial charge in [-0.25, -0.2) is 0 Å². The predicted octanol–water partition coefficient (Wildman–Crippen LogP) is 0.650. The van der Waals surface area contributed by atoms with Gasteiger partial charge in [0.2, 0.25) is 17.7 Å². The summed E-state index contributed by atoms with van der Waals surface area (Å²) in [5.74, 6) is -0.441. The van der Waals surface area contributed by atoms with Crippen molar-refractivity contribution in [3.05, 3.63) is 36.7 Å². The summed E-state index contributed by atoms with van der Waals surface area (Å²) < 4.78 is 1.82. The highest BCUT2D eigenvalue weighted by molar-refractivity contribution is 6.06. The van der Waals surface area contributed by atoms with E-state index in [4.69, 9.17) is 0 Å². The van der Waals surface area contributed by atoms with Gasteiger partial charge >= 0.3 is 0 Å². The molecule has 4 rings (SSSR count). The van der Waals surface area contributed by atoms with Crippen LogP contribution in [-0.4, -0.2) is 51.2 Å². The van der Waals surface area contributed by atoms with E-state index in [0.717, 1.165) is 0 Å². The lowest BCUT2D eigenvalue weighted by Gasteiger charge is -2.43. The van der Waals surface area contributed by atoms with E-state index in [9.17, 15) is 14.4 Å². The highest BCUT2D eigenvalue weighted by atomic mass is 16.2. The average Bonchev–Trinajstić information content (AvgIpc) is 3.09. The van der Waals surface area contributed by atoms with Crippen LogP contribution in [0.2, 0.25) is 0 Å². The summed E-state index contributed by atoms with van der Waals surface area (Å²) in [6.45, 7) is 1.23. The van der Waals surface area contributed by atoms with Crippen LogP contribution in [0.5, 0.6) is 0 Å². The summed E-state index contributed by atoms with van der Waals surface area (Å²) in [7, 11) is 0. The van der Waals surface area contributed by atoms with Crippen LogP contribution >= 0.6 is 0 Å². The number of aromatic nitrogens is 1. The van der Waals surface area contributed by atoms with Gasteiger partial charge in [0.15, 0.2) is 0 Å². The monoisotopic (exact) mass is 313 g/mol. The number of hydrogen-bond donors (Lipinski definition) is 0. The van der Waals surface area contributed by atoms with Crippen molar-refractivity contribution in [3.8, 4) is 0 Å². The second-order valence-corrected chi connectivity index (χ2v) is 6.51. The molecule has 3 aliphatic rings.